The normalized spacial score (nSPS) is 17.5. The van der Waals surface area contributed by atoms with Crippen molar-refractivity contribution in [1.29, 1.82) is 0 Å². The second kappa shape index (κ2) is 9.58. The first kappa shape index (κ1) is 25.1. The van der Waals surface area contributed by atoms with Gasteiger partial charge in [0.15, 0.2) is 14.6 Å². The highest BCUT2D eigenvalue weighted by Gasteiger charge is 2.39. The number of fused-ring (bicyclic) bond motifs is 1. The van der Waals surface area contributed by atoms with Crippen molar-refractivity contribution in [2.24, 2.45) is 4.99 Å². The number of aromatic nitrogens is 1. The second-order valence-corrected chi connectivity index (χ2v) is 12.9. The first-order valence-electron chi connectivity index (χ1n) is 10.6. The van der Waals surface area contributed by atoms with E-state index in [0.717, 1.165) is 17.6 Å². The minimum Gasteiger partial charge on any atom is -0.497 e. The van der Waals surface area contributed by atoms with Gasteiger partial charge >= 0.3 is 0 Å². The molecule has 1 unspecified atom stereocenters. The zero-order valence-electron chi connectivity index (χ0n) is 19.0. The number of rotatable bonds is 6. The summed E-state index contributed by atoms with van der Waals surface area (Å²) in [4.78, 5) is 17.9. The Bertz CT molecular complexity index is 1610. The summed E-state index contributed by atoms with van der Waals surface area (Å²) in [6, 6.07) is 9.65. The van der Waals surface area contributed by atoms with E-state index in [4.69, 9.17) is 11.2 Å². The third kappa shape index (κ3) is 4.90. The first-order valence-corrected chi connectivity index (χ1v) is 14.7. The minimum absolute atomic E-state index is 0.0653. The second-order valence-electron chi connectivity index (χ2n) is 7.98. The number of carbonyl (C=O) groups excluding carboxylic acids is 1. The van der Waals surface area contributed by atoms with E-state index in [1.807, 2.05) is 0 Å². The lowest BCUT2D eigenvalue weighted by Crippen LogP contribution is -2.40. The Balaban J connectivity index is 1.73. The molecule has 35 heavy (non-hydrogen) atoms. The predicted octanol–water partition coefficient (Wildman–Crippen LogP) is 2.03. The molecule has 0 aliphatic carbocycles. The molecule has 1 atom stereocenters. The summed E-state index contributed by atoms with van der Waals surface area (Å²) in [5.41, 5.74) is 0.640. The number of ether oxygens (including phenoxy) is 1. The average Bonchev–Trinajstić information content (AvgIpc) is 3.44. The fourth-order valence-electron chi connectivity index (χ4n) is 3.94. The molecule has 1 aromatic heterocycles. The molecule has 1 aliphatic rings. The Morgan fingerprint density at radius 1 is 1.17 bits per heavy atom. The highest BCUT2D eigenvalue weighted by molar-refractivity contribution is 7.90. The van der Waals surface area contributed by atoms with E-state index in [0.29, 0.717) is 28.8 Å². The zero-order chi connectivity index (χ0) is 25.4. The summed E-state index contributed by atoms with van der Waals surface area (Å²) in [5, 5.41) is 0. The van der Waals surface area contributed by atoms with Gasteiger partial charge in [-0.1, -0.05) is 17.3 Å². The van der Waals surface area contributed by atoms with Crippen LogP contribution >= 0.6 is 11.3 Å². The van der Waals surface area contributed by atoms with Gasteiger partial charge in [-0.25, -0.2) is 16.8 Å². The molecule has 2 heterocycles. The van der Waals surface area contributed by atoms with Crippen molar-refractivity contribution in [1.82, 2.24) is 8.87 Å². The maximum atomic E-state index is 13.2. The quantitative estimate of drug-likeness (QED) is 0.448. The Labute approximate surface area is 207 Å². The number of hydrogen-bond acceptors (Lipinski definition) is 7. The highest BCUT2D eigenvalue weighted by atomic mass is 32.2. The molecule has 1 saturated heterocycles. The summed E-state index contributed by atoms with van der Waals surface area (Å²) in [5.74, 6) is 2.44. The Morgan fingerprint density at radius 3 is 2.49 bits per heavy atom. The number of benzene rings is 2. The van der Waals surface area contributed by atoms with Gasteiger partial charge < -0.3 is 9.30 Å². The van der Waals surface area contributed by atoms with Crippen molar-refractivity contribution < 1.29 is 26.4 Å². The van der Waals surface area contributed by atoms with E-state index >= 15 is 0 Å². The van der Waals surface area contributed by atoms with Gasteiger partial charge in [0.1, 0.15) is 11.8 Å². The van der Waals surface area contributed by atoms with E-state index in [-0.39, 0.29) is 27.7 Å². The van der Waals surface area contributed by atoms with Crippen LogP contribution in [0.3, 0.4) is 0 Å². The lowest BCUT2D eigenvalue weighted by molar-refractivity contribution is -0.121. The number of sulfonamides is 1. The van der Waals surface area contributed by atoms with Crippen LogP contribution in [0.25, 0.3) is 10.2 Å². The molecule has 3 aromatic rings. The Morgan fingerprint density at radius 2 is 1.86 bits per heavy atom. The van der Waals surface area contributed by atoms with Gasteiger partial charge in [-0.15, -0.1) is 6.42 Å². The molecule has 12 heteroatoms. The fraction of sp³-hybridized carbons (Fsp3) is 0.304. The molecule has 1 fully saturated rings. The molecular weight excluding hydrogens is 510 g/mol. The predicted molar refractivity (Wildman–Crippen MR) is 132 cm³/mol. The zero-order valence-corrected chi connectivity index (χ0v) is 21.5. The van der Waals surface area contributed by atoms with Crippen LogP contribution in [0.1, 0.15) is 12.8 Å². The molecular formula is C23H23N3O6S3. The summed E-state index contributed by atoms with van der Waals surface area (Å²) in [6.45, 7) is 0.317. The number of nitrogens with zero attached hydrogens (tertiary/aromatic N) is 3. The van der Waals surface area contributed by atoms with Crippen LogP contribution in [0.2, 0.25) is 0 Å². The smallest absolute Gasteiger partial charge is 0.266 e. The van der Waals surface area contributed by atoms with Crippen molar-refractivity contribution in [3.05, 3.63) is 47.3 Å². The largest absolute Gasteiger partial charge is 0.497 e. The van der Waals surface area contributed by atoms with Gasteiger partial charge in [0.25, 0.3) is 5.91 Å². The van der Waals surface area contributed by atoms with Crippen LogP contribution in [-0.4, -0.2) is 57.6 Å². The minimum atomic E-state index is -3.92. The number of carbonyl (C=O) groups is 1. The van der Waals surface area contributed by atoms with Crippen LogP contribution in [0.15, 0.2) is 57.2 Å². The van der Waals surface area contributed by atoms with Crippen molar-refractivity contribution in [3.8, 4) is 18.1 Å². The lowest BCUT2D eigenvalue weighted by atomic mass is 10.2. The molecule has 1 aliphatic heterocycles. The van der Waals surface area contributed by atoms with Gasteiger partial charge in [-0.3, -0.25) is 4.79 Å². The molecule has 0 N–H and O–H groups in total. The van der Waals surface area contributed by atoms with Gasteiger partial charge in [-0.05, 0) is 55.3 Å². The molecule has 0 radical (unpaired) electrons. The monoisotopic (exact) mass is 533 g/mol. The molecule has 184 valence electrons. The van der Waals surface area contributed by atoms with Crippen molar-refractivity contribution in [3.63, 3.8) is 0 Å². The third-order valence-corrected chi connectivity index (χ3v) is 9.77. The van der Waals surface area contributed by atoms with Crippen molar-refractivity contribution in [2.75, 3.05) is 19.9 Å². The average molecular weight is 534 g/mol. The lowest BCUT2D eigenvalue weighted by Gasteiger charge is -2.21. The standard InChI is InChI=1S/C23H23N3O6S3/c1-4-13-25-19-12-11-18(34(3,28)29)15-21(19)33-23(25)24-22(27)20-6-5-14-26(20)35(30,31)17-9-7-16(32-2)8-10-17/h1,7-12,15,20H,5-6,13-14H2,2-3H3. The molecule has 4 rings (SSSR count). The van der Waals surface area contributed by atoms with Crippen LogP contribution in [-0.2, 0) is 31.2 Å². The number of amides is 1. The molecule has 1 amide bonds. The van der Waals surface area contributed by atoms with Crippen LogP contribution in [0, 0.1) is 12.3 Å². The number of methoxy groups -OCH3 is 1. The third-order valence-electron chi connectivity index (χ3n) is 5.69. The molecule has 0 saturated carbocycles. The summed E-state index contributed by atoms with van der Waals surface area (Å²) in [6.07, 6.45) is 7.49. The van der Waals surface area contributed by atoms with E-state index < -0.39 is 31.8 Å². The van der Waals surface area contributed by atoms with Crippen molar-refractivity contribution in [2.45, 2.75) is 35.2 Å². The van der Waals surface area contributed by atoms with Crippen molar-refractivity contribution >= 4 is 47.3 Å². The van der Waals surface area contributed by atoms with Crippen LogP contribution in [0.4, 0.5) is 0 Å². The Hall–Kier alpha value is -2.98. The molecule has 2 aromatic carbocycles. The first-order chi connectivity index (χ1) is 16.6. The molecule has 0 bridgehead atoms. The van der Waals surface area contributed by atoms with Gasteiger partial charge in [-0.2, -0.15) is 9.30 Å². The molecule has 0 spiro atoms. The summed E-state index contributed by atoms with van der Waals surface area (Å²) < 4.78 is 58.9. The van der Waals surface area contributed by atoms with Crippen LogP contribution < -0.4 is 9.54 Å². The topological polar surface area (TPSA) is 115 Å². The van der Waals surface area contributed by atoms with Crippen LogP contribution in [0.5, 0.6) is 5.75 Å². The Kier molecular flexibility index (Phi) is 6.88. The number of terminal acetylenes is 1. The number of thiazole rings is 1. The fourth-order valence-corrected chi connectivity index (χ4v) is 7.39. The summed E-state index contributed by atoms with van der Waals surface area (Å²) >= 11 is 1.12. The maximum Gasteiger partial charge on any atom is 0.266 e. The van der Waals surface area contributed by atoms with Gasteiger partial charge in [0.05, 0.1) is 33.7 Å². The molecule has 9 nitrogen and oxygen atoms in total. The number of sulfone groups is 1. The number of hydrogen-bond donors (Lipinski definition) is 0. The highest BCUT2D eigenvalue weighted by Crippen LogP contribution is 2.28. The van der Waals surface area contributed by atoms with E-state index in [1.54, 1.807) is 22.8 Å². The SMILES string of the molecule is C#CCn1c(=NC(=O)C2CCCN2S(=O)(=O)c2ccc(OC)cc2)sc2cc(S(C)(=O)=O)ccc21. The van der Waals surface area contributed by atoms with Gasteiger partial charge in [0, 0.05) is 12.8 Å². The maximum absolute atomic E-state index is 13.2. The van der Waals surface area contributed by atoms with E-state index in [9.17, 15) is 21.6 Å². The van der Waals surface area contributed by atoms with Gasteiger partial charge in [0.2, 0.25) is 10.0 Å². The van der Waals surface area contributed by atoms with E-state index in [2.05, 4.69) is 10.9 Å². The summed E-state index contributed by atoms with van der Waals surface area (Å²) in [7, 11) is -5.86. The van der Waals surface area contributed by atoms with E-state index in [1.165, 1.54) is 35.7 Å².